The van der Waals surface area contributed by atoms with Gasteiger partial charge in [0.2, 0.25) is 11.8 Å². The number of carbonyl (C=O) groups excluding carboxylic acids is 3. The van der Waals surface area contributed by atoms with Crippen molar-refractivity contribution in [1.82, 2.24) is 9.80 Å². The van der Waals surface area contributed by atoms with Crippen LogP contribution in [0.3, 0.4) is 0 Å². The van der Waals surface area contributed by atoms with Gasteiger partial charge in [-0.05, 0) is 42.5 Å². The monoisotopic (exact) mass is 440 g/mol. The third-order valence-electron chi connectivity index (χ3n) is 4.85. The first-order valence-electron chi connectivity index (χ1n) is 9.55. The number of rotatable bonds is 7. The van der Waals surface area contributed by atoms with E-state index in [0.29, 0.717) is 21.8 Å². The maximum atomic E-state index is 12.9. The quantitative estimate of drug-likeness (QED) is 0.657. The van der Waals surface area contributed by atoms with Crippen molar-refractivity contribution in [3.05, 3.63) is 64.7 Å². The van der Waals surface area contributed by atoms with Crippen molar-refractivity contribution in [3.63, 3.8) is 0 Å². The molecule has 1 heterocycles. The summed E-state index contributed by atoms with van der Waals surface area (Å²) >= 11 is 5.99. The number of halogens is 1. The van der Waals surface area contributed by atoms with Crippen molar-refractivity contribution < 1.29 is 19.1 Å². The second kappa shape index (κ2) is 10.1. The lowest BCUT2D eigenvalue weighted by Crippen LogP contribution is -2.44. The first-order chi connectivity index (χ1) is 14.9. The summed E-state index contributed by atoms with van der Waals surface area (Å²) in [6.45, 7) is 0.281. The maximum Gasteiger partial charge on any atom is 0.254 e. The highest BCUT2D eigenvalue weighted by Gasteiger charge is 2.33. The van der Waals surface area contributed by atoms with E-state index >= 15 is 0 Å². The number of hydrogen-bond acceptors (Lipinski definition) is 5. The van der Waals surface area contributed by atoms with Crippen LogP contribution in [0.25, 0.3) is 0 Å². The Hall–Kier alpha value is -3.41. The molecule has 31 heavy (non-hydrogen) atoms. The third-order valence-corrected chi connectivity index (χ3v) is 5.09. The Balaban J connectivity index is 1.70. The van der Waals surface area contributed by atoms with Crippen LogP contribution in [0.15, 0.2) is 48.5 Å². The average Bonchev–Trinajstić information content (AvgIpc) is 3.17. The molecule has 160 valence electrons. The number of benzene rings is 2. The van der Waals surface area contributed by atoms with E-state index in [4.69, 9.17) is 21.6 Å². The number of nitriles is 1. The van der Waals surface area contributed by atoms with Gasteiger partial charge in [-0.3, -0.25) is 19.3 Å². The largest absolute Gasteiger partial charge is 0.383 e. The molecule has 3 rings (SSSR count). The normalized spacial score (nSPS) is 13.3. The molecule has 0 spiro atoms. The molecule has 2 aromatic rings. The predicted molar refractivity (Wildman–Crippen MR) is 114 cm³/mol. The third kappa shape index (κ3) is 5.40. The van der Waals surface area contributed by atoms with Crippen LogP contribution in [-0.2, 0) is 14.3 Å². The van der Waals surface area contributed by atoms with Crippen LogP contribution >= 0.6 is 11.6 Å². The summed E-state index contributed by atoms with van der Waals surface area (Å²) in [4.78, 5) is 42.5. The fourth-order valence-electron chi connectivity index (χ4n) is 3.18. The molecule has 0 unspecified atom stereocenters. The van der Waals surface area contributed by atoms with E-state index in [1.807, 2.05) is 6.07 Å². The molecule has 0 bridgehead atoms. The van der Waals surface area contributed by atoms with Crippen molar-refractivity contribution in [2.45, 2.75) is 0 Å². The Labute approximate surface area is 185 Å². The van der Waals surface area contributed by atoms with E-state index in [1.54, 1.807) is 48.5 Å². The van der Waals surface area contributed by atoms with Crippen LogP contribution in [-0.4, -0.2) is 67.5 Å². The van der Waals surface area contributed by atoms with Gasteiger partial charge in [0.15, 0.2) is 0 Å². The van der Waals surface area contributed by atoms with Gasteiger partial charge in [0.1, 0.15) is 19.8 Å². The Morgan fingerprint density at radius 3 is 2.61 bits per heavy atom. The summed E-state index contributed by atoms with van der Waals surface area (Å²) in [7, 11) is 1.51. The van der Waals surface area contributed by atoms with E-state index in [1.165, 1.54) is 21.8 Å². The molecular formula is C22H21ClN4O4. The van der Waals surface area contributed by atoms with Gasteiger partial charge >= 0.3 is 0 Å². The van der Waals surface area contributed by atoms with E-state index in [2.05, 4.69) is 0 Å². The van der Waals surface area contributed by atoms with E-state index in [-0.39, 0.29) is 50.6 Å². The summed E-state index contributed by atoms with van der Waals surface area (Å²) in [6.07, 6.45) is 0. The Morgan fingerprint density at radius 1 is 1.23 bits per heavy atom. The van der Waals surface area contributed by atoms with E-state index < -0.39 is 0 Å². The number of methoxy groups -OCH3 is 1. The van der Waals surface area contributed by atoms with Gasteiger partial charge in [-0.25, -0.2) is 0 Å². The molecule has 0 N–H and O–H groups in total. The molecule has 1 aliphatic heterocycles. The Kier molecular flexibility index (Phi) is 7.23. The lowest BCUT2D eigenvalue weighted by molar-refractivity contribution is -0.132. The zero-order valence-electron chi connectivity index (χ0n) is 17.0. The summed E-state index contributed by atoms with van der Waals surface area (Å²) in [5.41, 5.74) is 1.45. The number of nitrogens with zero attached hydrogens (tertiary/aromatic N) is 4. The fourth-order valence-corrected chi connectivity index (χ4v) is 3.37. The Morgan fingerprint density at radius 2 is 1.97 bits per heavy atom. The van der Waals surface area contributed by atoms with Gasteiger partial charge in [0.25, 0.3) is 5.91 Å². The van der Waals surface area contributed by atoms with Crippen molar-refractivity contribution >= 4 is 35.0 Å². The van der Waals surface area contributed by atoms with Gasteiger partial charge in [0.05, 0.1) is 18.2 Å². The van der Waals surface area contributed by atoms with Crippen LogP contribution in [0.4, 0.5) is 5.69 Å². The average molecular weight is 441 g/mol. The molecule has 3 amide bonds. The maximum absolute atomic E-state index is 12.9. The molecule has 0 aliphatic carbocycles. The van der Waals surface area contributed by atoms with Gasteiger partial charge < -0.3 is 14.5 Å². The topological polar surface area (TPSA) is 93.9 Å². The molecular weight excluding hydrogens is 420 g/mol. The van der Waals surface area contributed by atoms with Crippen molar-refractivity contribution in [3.8, 4) is 6.07 Å². The standard InChI is InChI=1S/C22H21ClN4O4/c1-31-10-9-25(22(30)17-3-2-4-18(23)11-17)13-20(28)26-14-21(29)27(15-26)19-7-5-16(12-24)6-8-19/h2-8,11H,9-10,13-15H2,1H3. The second-order valence-electron chi connectivity index (χ2n) is 6.94. The highest BCUT2D eigenvalue weighted by molar-refractivity contribution is 6.31. The lowest BCUT2D eigenvalue weighted by atomic mass is 10.2. The number of ether oxygens (including phenoxy) is 1. The van der Waals surface area contributed by atoms with Gasteiger partial charge in [-0.15, -0.1) is 0 Å². The van der Waals surface area contributed by atoms with Crippen molar-refractivity contribution in [2.24, 2.45) is 0 Å². The molecule has 2 aromatic carbocycles. The zero-order valence-corrected chi connectivity index (χ0v) is 17.7. The Bertz CT molecular complexity index is 1020. The van der Waals surface area contributed by atoms with E-state index in [0.717, 1.165) is 0 Å². The minimum atomic E-state index is -0.351. The predicted octanol–water partition coefficient (Wildman–Crippen LogP) is 2.13. The van der Waals surface area contributed by atoms with Crippen LogP contribution in [0.1, 0.15) is 15.9 Å². The number of carbonyl (C=O) groups is 3. The minimum Gasteiger partial charge on any atom is -0.383 e. The van der Waals surface area contributed by atoms with Crippen LogP contribution in [0.5, 0.6) is 0 Å². The van der Waals surface area contributed by atoms with Gasteiger partial charge in [0, 0.05) is 29.9 Å². The summed E-state index contributed by atoms with van der Waals surface area (Å²) in [5, 5.41) is 9.34. The first-order valence-corrected chi connectivity index (χ1v) is 9.93. The molecule has 0 radical (unpaired) electrons. The van der Waals surface area contributed by atoms with Crippen molar-refractivity contribution in [1.29, 1.82) is 5.26 Å². The molecule has 8 nitrogen and oxygen atoms in total. The van der Waals surface area contributed by atoms with Crippen LogP contribution in [0.2, 0.25) is 5.02 Å². The molecule has 0 aromatic heterocycles. The van der Waals surface area contributed by atoms with Crippen LogP contribution < -0.4 is 4.90 Å². The number of amides is 3. The molecule has 0 saturated carbocycles. The second-order valence-corrected chi connectivity index (χ2v) is 7.38. The molecule has 9 heteroatoms. The van der Waals surface area contributed by atoms with Crippen LogP contribution in [0, 0.1) is 11.3 Å². The summed E-state index contributed by atoms with van der Waals surface area (Å²) < 4.78 is 5.07. The fraction of sp³-hybridized carbons (Fsp3) is 0.273. The zero-order chi connectivity index (χ0) is 22.4. The number of anilines is 1. The lowest BCUT2D eigenvalue weighted by Gasteiger charge is -2.25. The summed E-state index contributed by atoms with van der Waals surface area (Å²) in [6, 6.07) is 15.1. The van der Waals surface area contributed by atoms with E-state index in [9.17, 15) is 14.4 Å². The highest BCUT2D eigenvalue weighted by atomic mass is 35.5. The summed E-state index contributed by atoms with van der Waals surface area (Å²) in [5.74, 6) is -0.930. The first kappa shape index (κ1) is 22.3. The minimum absolute atomic E-state index is 0.0764. The highest BCUT2D eigenvalue weighted by Crippen LogP contribution is 2.20. The smallest absolute Gasteiger partial charge is 0.254 e. The molecule has 1 fully saturated rings. The molecule has 1 saturated heterocycles. The molecule has 1 aliphatic rings. The van der Waals surface area contributed by atoms with Crippen molar-refractivity contribution in [2.75, 3.05) is 44.9 Å². The van der Waals surface area contributed by atoms with Gasteiger partial charge in [-0.2, -0.15) is 5.26 Å². The number of hydrogen-bond donors (Lipinski definition) is 0. The van der Waals surface area contributed by atoms with Gasteiger partial charge in [-0.1, -0.05) is 17.7 Å². The SMILES string of the molecule is COCCN(CC(=O)N1CC(=O)N(c2ccc(C#N)cc2)C1)C(=O)c1cccc(Cl)c1. The molecule has 0 atom stereocenters.